The van der Waals surface area contributed by atoms with E-state index in [1.807, 2.05) is 13.8 Å². The lowest BCUT2D eigenvalue weighted by atomic mass is 10.2. The lowest BCUT2D eigenvalue weighted by Gasteiger charge is -2.11. The van der Waals surface area contributed by atoms with Crippen LogP contribution in [0.5, 0.6) is 0 Å². The number of benzene rings is 1. The minimum absolute atomic E-state index is 0.492. The SMILES string of the molecule is CCc1nc(C(CC)OC(N)=O)[nH]c1Sc1cc(Cl)cc(C#N)c1. The van der Waals surface area contributed by atoms with Crippen LogP contribution < -0.4 is 5.73 Å². The van der Waals surface area contributed by atoms with Gasteiger partial charge in [-0.15, -0.1) is 0 Å². The molecule has 2 aromatic rings. The van der Waals surface area contributed by atoms with Crippen molar-refractivity contribution in [2.24, 2.45) is 5.73 Å². The van der Waals surface area contributed by atoms with Crippen molar-refractivity contribution in [2.75, 3.05) is 0 Å². The number of H-pyrrole nitrogens is 1. The number of hydrogen-bond acceptors (Lipinski definition) is 5. The minimum Gasteiger partial charge on any atom is -0.438 e. The van der Waals surface area contributed by atoms with Crippen LogP contribution in [0.15, 0.2) is 28.1 Å². The Bertz CT molecular complexity index is 785. The number of rotatable bonds is 6. The van der Waals surface area contributed by atoms with Crippen LogP contribution in [0.25, 0.3) is 0 Å². The standard InChI is InChI=1S/C16H17ClN4O2S/c1-3-12-15(21-14(20-12)13(4-2)23-16(19)22)24-11-6-9(8-18)5-10(17)7-11/h5-7,13H,3-4H2,1-2H3,(H2,19,22)(H,20,21). The molecule has 0 saturated heterocycles. The number of ether oxygens (including phenoxy) is 1. The highest BCUT2D eigenvalue weighted by Crippen LogP contribution is 2.33. The van der Waals surface area contributed by atoms with E-state index in [0.29, 0.717) is 29.3 Å². The van der Waals surface area contributed by atoms with E-state index in [9.17, 15) is 4.79 Å². The summed E-state index contributed by atoms with van der Waals surface area (Å²) in [6.07, 6.45) is -0.0908. The van der Waals surface area contributed by atoms with E-state index in [2.05, 4.69) is 16.0 Å². The van der Waals surface area contributed by atoms with Gasteiger partial charge in [0.25, 0.3) is 0 Å². The summed E-state index contributed by atoms with van der Waals surface area (Å²) in [5.41, 5.74) is 6.44. The van der Waals surface area contributed by atoms with Crippen LogP contribution in [0.2, 0.25) is 5.02 Å². The summed E-state index contributed by atoms with van der Waals surface area (Å²) >= 11 is 7.47. The van der Waals surface area contributed by atoms with E-state index < -0.39 is 12.2 Å². The summed E-state index contributed by atoms with van der Waals surface area (Å²) in [6.45, 7) is 3.86. The monoisotopic (exact) mass is 364 g/mol. The summed E-state index contributed by atoms with van der Waals surface area (Å²) in [5, 5.41) is 10.4. The fraction of sp³-hybridized carbons (Fsp3) is 0.312. The molecule has 1 heterocycles. The highest BCUT2D eigenvalue weighted by atomic mass is 35.5. The first-order chi connectivity index (χ1) is 11.5. The van der Waals surface area contributed by atoms with Crippen molar-refractivity contribution in [1.29, 1.82) is 5.26 Å². The number of carbonyl (C=O) groups excluding carboxylic acids is 1. The third kappa shape index (κ3) is 4.43. The number of aryl methyl sites for hydroxylation is 1. The first-order valence-corrected chi connectivity index (χ1v) is 8.59. The summed E-state index contributed by atoms with van der Waals surface area (Å²) < 4.78 is 5.08. The Kier molecular flexibility index (Phi) is 6.12. The van der Waals surface area contributed by atoms with Crippen LogP contribution in [-0.4, -0.2) is 16.1 Å². The van der Waals surface area contributed by atoms with Crippen LogP contribution >= 0.6 is 23.4 Å². The predicted octanol–water partition coefficient (Wildman–Crippen LogP) is 4.19. The van der Waals surface area contributed by atoms with E-state index in [1.54, 1.807) is 18.2 Å². The maximum absolute atomic E-state index is 11.0. The van der Waals surface area contributed by atoms with Gasteiger partial charge in [-0.25, -0.2) is 9.78 Å². The van der Waals surface area contributed by atoms with E-state index in [-0.39, 0.29) is 0 Å². The van der Waals surface area contributed by atoms with Crippen LogP contribution in [0.3, 0.4) is 0 Å². The number of nitrogens with one attached hydrogen (secondary N) is 1. The van der Waals surface area contributed by atoms with Crippen molar-refractivity contribution in [3.8, 4) is 6.07 Å². The molecule has 24 heavy (non-hydrogen) atoms. The molecular formula is C16H17ClN4O2S. The number of nitrogens with zero attached hydrogens (tertiary/aromatic N) is 2. The van der Waals surface area contributed by atoms with Gasteiger partial charge in [-0.3, -0.25) is 0 Å². The Hall–Kier alpha value is -2.17. The molecular weight excluding hydrogens is 348 g/mol. The Morgan fingerprint density at radius 1 is 1.50 bits per heavy atom. The molecule has 0 aliphatic rings. The number of halogens is 1. The predicted molar refractivity (Wildman–Crippen MR) is 92.0 cm³/mol. The number of hydrogen-bond donors (Lipinski definition) is 2. The molecule has 1 atom stereocenters. The number of primary amides is 1. The van der Waals surface area contributed by atoms with Crippen molar-refractivity contribution in [1.82, 2.24) is 9.97 Å². The third-order valence-electron chi connectivity index (χ3n) is 3.25. The maximum atomic E-state index is 11.0. The number of nitriles is 1. The van der Waals surface area contributed by atoms with Crippen molar-refractivity contribution in [3.05, 3.63) is 40.3 Å². The maximum Gasteiger partial charge on any atom is 0.405 e. The summed E-state index contributed by atoms with van der Waals surface area (Å²) in [5.74, 6) is 0.554. The van der Waals surface area contributed by atoms with Gasteiger partial charge in [0, 0.05) is 9.92 Å². The van der Waals surface area contributed by atoms with Gasteiger partial charge in [0.05, 0.1) is 17.3 Å². The molecule has 0 aliphatic heterocycles. The summed E-state index contributed by atoms with van der Waals surface area (Å²) in [4.78, 5) is 19.5. The van der Waals surface area contributed by atoms with Gasteiger partial charge < -0.3 is 15.5 Å². The normalized spacial score (nSPS) is 11.8. The lowest BCUT2D eigenvalue weighted by Crippen LogP contribution is -2.17. The molecule has 0 aliphatic carbocycles. The number of amides is 1. The van der Waals surface area contributed by atoms with Crippen molar-refractivity contribution in [3.63, 3.8) is 0 Å². The molecule has 1 amide bonds. The van der Waals surface area contributed by atoms with Crippen LogP contribution in [0, 0.1) is 11.3 Å². The van der Waals surface area contributed by atoms with E-state index >= 15 is 0 Å². The molecule has 8 heteroatoms. The third-order valence-corrected chi connectivity index (χ3v) is 4.48. The zero-order chi connectivity index (χ0) is 17.7. The molecule has 1 aromatic heterocycles. The smallest absolute Gasteiger partial charge is 0.405 e. The average molecular weight is 365 g/mol. The molecule has 0 bridgehead atoms. The quantitative estimate of drug-likeness (QED) is 0.799. The molecule has 1 unspecified atom stereocenters. The number of aromatic amines is 1. The first kappa shape index (κ1) is 18.2. The molecule has 126 valence electrons. The molecule has 0 saturated carbocycles. The van der Waals surface area contributed by atoms with E-state index in [0.717, 1.165) is 15.6 Å². The number of carbonyl (C=O) groups is 1. The zero-order valence-electron chi connectivity index (χ0n) is 13.3. The van der Waals surface area contributed by atoms with E-state index in [4.69, 9.17) is 27.3 Å². The van der Waals surface area contributed by atoms with Gasteiger partial charge in [0.1, 0.15) is 10.9 Å². The fourth-order valence-electron chi connectivity index (χ4n) is 2.17. The van der Waals surface area contributed by atoms with Gasteiger partial charge in [-0.2, -0.15) is 5.26 Å². The Morgan fingerprint density at radius 2 is 2.25 bits per heavy atom. The molecule has 0 fully saturated rings. The molecule has 6 nitrogen and oxygen atoms in total. The van der Waals surface area contributed by atoms with Gasteiger partial charge in [-0.05, 0) is 31.0 Å². The van der Waals surface area contributed by atoms with Gasteiger partial charge >= 0.3 is 6.09 Å². The molecule has 0 spiro atoms. The molecule has 2 rings (SSSR count). The van der Waals surface area contributed by atoms with Gasteiger partial charge in [-0.1, -0.05) is 37.2 Å². The van der Waals surface area contributed by atoms with Crippen LogP contribution in [0.4, 0.5) is 4.79 Å². The summed E-state index contributed by atoms with van der Waals surface area (Å²) in [7, 11) is 0. The number of aromatic nitrogens is 2. The highest BCUT2D eigenvalue weighted by molar-refractivity contribution is 7.99. The van der Waals surface area contributed by atoms with Gasteiger partial charge in [0.15, 0.2) is 6.10 Å². The first-order valence-electron chi connectivity index (χ1n) is 7.40. The Labute approximate surface area is 149 Å². The average Bonchev–Trinajstić information content (AvgIpc) is 2.94. The second-order valence-corrected chi connectivity index (χ2v) is 6.49. The Balaban J connectivity index is 2.32. The number of nitrogens with two attached hydrogens (primary N) is 1. The molecule has 1 aromatic carbocycles. The number of imidazole rings is 1. The Morgan fingerprint density at radius 3 is 2.83 bits per heavy atom. The fourth-order valence-corrected chi connectivity index (χ4v) is 3.54. The second kappa shape index (κ2) is 8.08. The lowest BCUT2D eigenvalue weighted by molar-refractivity contribution is 0.0993. The van der Waals surface area contributed by atoms with Crippen LogP contribution in [-0.2, 0) is 11.2 Å². The summed E-state index contributed by atoms with van der Waals surface area (Å²) in [6, 6.07) is 7.23. The van der Waals surface area contributed by atoms with E-state index in [1.165, 1.54) is 11.8 Å². The van der Waals surface area contributed by atoms with Gasteiger partial charge in [0.2, 0.25) is 0 Å². The topological polar surface area (TPSA) is 105 Å². The minimum atomic E-state index is -0.834. The second-order valence-electron chi connectivity index (χ2n) is 4.97. The van der Waals surface area contributed by atoms with Crippen molar-refractivity contribution < 1.29 is 9.53 Å². The van der Waals surface area contributed by atoms with Crippen molar-refractivity contribution in [2.45, 2.75) is 42.7 Å². The molecule has 3 N–H and O–H groups in total. The van der Waals surface area contributed by atoms with Crippen LogP contribution in [0.1, 0.15) is 43.5 Å². The van der Waals surface area contributed by atoms with Crippen molar-refractivity contribution >= 4 is 29.5 Å². The molecule has 0 radical (unpaired) electrons. The highest BCUT2D eigenvalue weighted by Gasteiger charge is 2.20. The largest absolute Gasteiger partial charge is 0.438 e. The zero-order valence-corrected chi connectivity index (χ0v) is 14.9.